The summed E-state index contributed by atoms with van der Waals surface area (Å²) < 4.78 is 3.45. The number of para-hydroxylation sites is 1. The van der Waals surface area contributed by atoms with Crippen LogP contribution in [0.3, 0.4) is 0 Å². The van der Waals surface area contributed by atoms with Gasteiger partial charge >= 0.3 is 0 Å². The molecule has 0 saturated carbocycles. The molecule has 4 rings (SSSR count). The molecule has 0 spiro atoms. The Morgan fingerprint density at radius 3 is 2.52 bits per heavy atom. The molecule has 4 aromatic rings. The lowest BCUT2D eigenvalue weighted by Gasteiger charge is -2.07. The van der Waals surface area contributed by atoms with Gasteiger partial charge in [-0.25, -0.2) is 9.67 Å². The quantitative estimate of drug-likeness (QED) is 0.396. The van der Waals surface area contributed by atoms with Crippen molar-refractivity contribution in [3.05, 3.63) is 80.0 Å². The molecule has 0 aliphatic carbocycles. The molecule has 0 amide bonds. The van der Waals surface area contributed by atoms with E-state index < -0.39 is 0 Å². The van der Waals surface area contributed by atoms with E-state index >= 15 is 0 Å². The molecule has 150 valence electrons. The molecule has 0 unspecified atom stereocenters. The van der Waals surface area contributed by atoms with Crippen LogP contribution in [0.1, 0.15) is 5.69 Å². The number of hydrogen-bond acceptors (Lipinski definition) is 4. The van der Waals surface area contributed by atoms with E-state index in [2.05, 4.69) is 10.3 Å². The number of aromatic nitrogens is 3. The zero-order chi connectivity index (χ0) is 19.8. The Bertz CT molecular complexity index is 1210. The van der Waals surface area contributed by atoms with Crippen LogP contribution in [0.15, 0.2) is 58.7 Å². The molecule has 0 atom stereocenters. The monoisotopic (exact) mass is 466 g/mol. The fourth-order valence-electron chi connectivity index (χ4n) is 2.97. The maximum Gasteiger partial charge on any atom is 0.295 e. The maximum atomic E-state index is 13.0. The summed E-state index contributed by atoms with van der Waals surface area (Å²) in [6.45, 7) is 1.90. The predicted molar refractivity (Wildman–Crippen MR) is 124 cm³/mol. The van der Waals surface area contributed by atoms with E-state index in [0.29, 0.717) is 20.9 Å². The third kappa shape index (κ3) is 4.07. The topological polar surface area (TPSA) is 51.9 Å². The van der Waals surface area contributed by atoms with Crippen LogP contribution in [0, 0.1) is 6.92 Å². The first-order chi connectivity index (χ1) is 13.5. The van der Waals surface area contributed by atoms with E-state index in [0.717, 1.165) is 22.6 Å². The highest BCUT2D eigenvalue weighted by atomic mass is 35.5. The average molecular weight is 468 g/mol. The SMILES string of the molecule is Cc1c(Nc2nc(-c3ccc(Cl)cc3Cl)cs2)c(=O)n(-c2ccccc2)n1C.Cl. The number of rotatable bonds is 4. The highest BCUT2D eigenvalue weighted by molar-refractivity contribution is 7.14. The smallest absolute Gasteiger partial charge is 0.295 e. The summed E-state index contributed by atoms with van der Waals surface area (Å²) in [5.74, 6) is 0. The van der Waals surface area contributed by atoms with Gasteiger partial charge in [0.2, 0.25) is 0 Å². The Labute approximate surface area is 187 Å². The standard InChI is InChI=1S/C20H16Cl2N4OS.ClH/c1-12-18(19(27)26(25(12)2)14-6-4-3-5-7-14)24-20-23-17(11-28-20)15-9-8-13(21)10-16(15)22;/h3-11H,1-2H3,(H,23,24);1H. The van der Waals surface area contributed by atoms with Crippen molar-refractivity contribution in [2.75, 3.05) is 5.32 Å². The molecule has 2 aromatic carbocycles. The van der Waals surface area contributed by atoms with E-state index in [9.17, 15) is 4.79 Å². The second-order valence-corrected chi connectivity index (χ2v) is 7.93. The molecule has 0 saturated heterocycles. The third-order valence-corrected chi connectivity index (χ3v) is 5.80. The van der Waals surface area contributed by atoms with Crippen LogP contribution in [-0.2, 0) is 7.05 Å². The first-order valence-electron chi connectivity index (χ1n) is 8.47. The van der Waals surface area contributed by atoms with Gasteiger partial charge in [-0.1, -0.05) is 41.4 Å². The fraction of sp³-hybridized carbons (Fsp3) is 0.100. The van der Waals surface area contributed by atoms with Gasteiger partial charge in [0.05, 0.1) is 22.1 Å². The Hall–Kier alpha value is -2.25. The van der Waals surface area contributed by atoms with E-state index in [1.54, 1.807) is 16.8 Å². The molecule has 2 aromatic heterocycles. The molecule has 5 nitrogen and oxygen atoms in total. The second kappa shape index (κ2) is 8.63. The molecule has 9 heteroatoms. The molecule has 2 heterocycles. The fourth-order valence-corrected chi connectivity index (χ4v) is 4.19. The van der Waals surface area contributed by atoms with Crippen molar-refractivity contribution in [1.29, 1.82) is 0 Å². The Kier molecular flexibility index (Phi) is 6.39. The molecule has 0 aliphatic heterocycles. The molecule has 29 heavy (non-hydrogen) atoms. The Morgan fingerprint density at radius 1 is 1.10 bits per heavy atom. The van der Waals surface area contributed by atoms with E-state index in [-0.39, 0.29) is 18.0 Å². The van der Waals surface area contributed by atoms with E-state index in [1.807, 2.05) is 60.4 Å². The van der Waals surface area contributed by atoms with Crippen LogP contribution in [-0.4, -0.2) is 14.3 Å². The minimum absolute atomic E-state index is 0. The van der Waals surface area contributed by atoms with E-state index in [4.69, 9.17) is 23.2 Å². The zero-order valence-electron chi connectivity index (χ0n) is 15.5. The summed E-state index contributed by atoms with van der Waals surface area (Å²) in [5.41, 5.74) is 3.50. The van der Waals surface area contributed by atoms with Gasteiger partial charge in [-0.2, -0.15) is 0 Å². The van der Waals surface area contributed by atoms with Crippen molar-refractivity contribution in [2.45, 2.75) is 6.92 Å². The largest absolute Gasteiger partial charge is 0.325 e. The molecule has 0 fully saturated rings. The summed E-state index contributed by atoms with van der Waals surface area (Å²) in [7, 11) is 1.86. The number of halogens is 3. The van der Waals surface area contributed by atoms with Crippen molar-refractivity contribution in [3.8, 4) is 16.9 Å². The Morgan fingerprint density at radius 2 is 1.83 bits per heavy atom. The van der Waals surface area contributed by atoms with Crippen LogP contribution in [0.4, 0.5) is 10.8 Å². The first kappa shape index (κ1) is 21.5. The van der Waals surface area contributed by atoms with Crippen LogP contribution in [0.2, 0.25) is 10.0 Å². The van der Waals surface area contributed by atoms with Crippen LogP contribution in [0.5, 0.6) is 0 Å². The van der Waals surface area contributed by atoms with Gasteiger partial charge in [-0.15, -0.1) is 23.7 Å². The molecule has 0 aliphatic rings. The second-order valence-electron chi connectivity index (χ2n) is 6.22. The van der Waals surface area contributed by atoms with Crippen LogP contribution < -0.4 is 10.9 Å². The molecule has 0 bridgehead atoms. The molecule has 0 radical (unpaired) electrons. The first-order valence-corrected chi connectivity index (χ1v) is 10.1. The number of nitrogens with zero attached hydrogens (tertiary/aromatic N) is 3. The van der Waals surface area contributed by atoms with Crippen molar-refractivity contribution in [1.82, 2.24) is 14.3 Å². The number of anilines is 2. The van der Waals surface area contributed by atoms with Gasteiger partial charge in [-0.3, -0.25) is 9.48 Å². The maximum absolute atomic E-state index is 13.0. The zero-order valence-corrected chi connectivity index (χ0v) is 18.7. The molecular weight excluding hydrogens is 451 g/mol. The van der Waals surface area contributed by atoms with Crippen molar-refractivity contribution in [3.63, 3.8) is 0 Å². The van der Waals surface area contributed by atoms with Gasteiger partial charge in [0, 0.05) is 23.0 Å². The number of nitrogens with one attached hydrogen (secondary N) is 1. The van der Waals surface area contributed by atoms with Gasteiger partial charge in [0.15, 0.2) is 5.13 Å². The minimum atomic E-state index is -0.132. The highest BCUT2D eigenvalue weighted by Gasteiger charge is 2.17. The lowest BCUT2D eigenvalue weighted by atomic mass is 10.2. The van der Waals surface area contributed by atoms with Gasteiger partial charge in [-0.05, 0) is 37.3 Å². The number of hydrogen-bond donors (Lipinski definition) is 1. The summed E-state index contributed by atoms with van der Waals surface area (Å²) in [6.07, 6.45) is 0. The van der Waals surface area contributed by atoms with Gasteiger partial charge in [0.1, 0.15) is 5.69 Å². The van der Waals surface area contributed by atoms with Gasteiger partial charge < -0.3 is 5.32 Å². The van der Waals surface area contributed by atoms with Crippen molar-refractivity contribution in [2.24, 2.45) is 7.05 Å². The Balaban J connectivity index is 0.00000240. The third-order valence-electron chi connectivity index (χ3n) is 4.50. The van der Waals surface area contributed by atoms with Crippen molar-refractivity contribution >= 4 is 57.8 Å². The highest BCUT2D eigenvalue weighted by Crippen LogP contribution is 2.33. The van der Waals surface area contributed by atoms with Crippen molar-refractivity contribution < 1.29 is 0 Å². The normalized spacial score (nSPS) is 10.6. The lowest BCUT2D eigenvalue weighted by Crippen LogP contribution is -2.20. The van der Waals surface area contributed by atoms with Crippen LogP contribution >= 0.6 is 46.9 Å². The number of thiazole rings is 1. The van der Waals surface area contributed by atoms with Gasteiger partial charge in [0.25, 0.3) is 5.56 Å². The molecular formula is C20H17Cl3N4OS. The summed E-state index contributed by atoms with van der Waals surface area (Å²) in [6, 6.07) is 14.8. The van der Waals surface area contributed by atoms with E-state index in [1.165, 1.54) is 11.3 Å². The number of benzene rings is 2. The summed E-state index contributed by atoms with van der Waals surface area (Å²) in [5, 5.41) is 6.80. The minimum Gasteiger partial charge on any atom is -0.325 e. The molecule has 1 N–H and O–H groups in total. The summed E-state index contributed by atoms with van der Waals surface area (Å²) >= 11 is 13.7. The van der Waals surface area contributed by atoms with Crippen LogP contribution in [0.25, 0.3) is 16.9 Å². The average Bonchev–Trinajstić information content (AvgIpc) is 3.22. The predicted octanol–water partition coefficient (Wildman–Crippen LogP) is 6.08. The summed E-state index contributed by atoms with van der Waals surface area (Å²) in [4.78, 5) is 17.6. The lowest BCUT2D eigenvalue weighted by molar-refractivity contribution is 0.630.